The summed E-state index contributed by atoms with van der Waals surface area (Å²) in [5.74, 6) is -1.33. The fraction of sp³-hybridized carbons (Fsp3) is 0.471. The zero-order valence-corrected chi connectivity index (χ0v) is 14.0. The molecular formula is C17H19F2N3O3. The molecule has 1 amide bonds. The number of carbonyl (C=O) groups is 1. The van der Waals surface area contributed by atoms with Crippen LogP contribution < -0.4 is 0 Å². The van der Waals surface area contributed by atoms with Gasteiger partial charge in [-0.1, -0.05) is 26.0 Å². The van der Waals surface area contributed by atoms with Crippen molar-refractivity contribution in [3.8, 4) is 0 Å². The molecule has 0 aliphatic carbocycles. The first kappa shape index (κ1) is 17.5. The Morgan fingerprint density at radius 3 is 2.88 bits per heavy atom. The Labute approximate surface area is 143 Å². The van der Waals surface area contributed by atoms with Gasteiger partial charge in [0, 0.05) is 18.0 Å². The number of benzene rings is 1. The molecule has 1 aliphatic heterocycles. The summed E-state index contributed by atoms with van der Waals surface area (Å²) >= 11 is 0. The number of carbonyl (C=O) groups excluding carboxylic acids is 1. The van der Waals surface area contributed by atoms with E-state index in [4.69, 9.17) is 9.15 Å². The summed E-state index contributed by atoms with van der Waals surface area (Å²) in [6.07, 6.45) is -0.729. The van der Waals surface area contributed by atoms with Gasteiger partial charge in [-0.2, -0.15) is 0 Å². The highest BCUT2D eigenvalue weighted by Crippen LogP contribution is 2.24. The normalized spacial score (nSPS) is 18.0. The number of aromatic nitrogens is 2. The fourth-order valence-electron chi connectivity index (χ4n) is 2.59. The van der Waals surface area contributed by atoms with Crippen LogP contribution in [0.1, 0.15) is 43.2 Å². The number of amides is 1. The topological polar surface area (TPSA) is 68.5 Å². The SMILES string of the molecule is CC(C)c1nnc(C2CN(C(=O)Cc3cccc(F)c3F)CCO2)o1. The number of nitrogens with zero attached hydrogens (tertiary/aromatic N) is 3. The van der Waals surface area contributed by atoms with Gasteiger partial charge in [-0.15, -0.1) is 10.2 Å². The van der Waals surface area contributed by atoms with Crippen LogP contribution in [0.4, 0.5) is 8.78 Å². The molecule has 25 heavy (non-hydrogen) atoms. The predicted octanol–water partition coefficient (Wildman–Crippen LogP) is 2.61. The van der Waals surface area contributed by atoms with Crippen molar-refractivity contribution in [2.75, 3.05) is 19.7 Å². The molecule has 0 radical (unpaired) electrons. The highest BCUT2D eigenvalue weighted by molar-refractivity contribution is 5.79. The van der Waals surface area contributed by atoms with Gasteiger partial charge >= 0.3 is 0 Å². The van der Waals surface area contributed by atoms with Crippen LogP contribution in [0.25, 0.3) is 0 Å². The second-order valence-corrected chi connectivity index (χ2v) is 6.22. The molecule has 6 nitrogen and oxygen atoms in total. The molecule has 3 rings (SSSR count). The van der Waals surface area contributed by atoms with Crippen LogP contribution in [0.5, 0.6) is 0 Å². The van der Waals surface area contributed by atoms with Gasteiger partial charge in [0.2, 0.25) is 17.7 Å². The number of rotatable bonds is 4. The van der Waals surface area contributed by atoms with Gasteiger partial charge < -0.3 is 14.1 Å². The van der Waals surface area contributed by atoms with E-state index in [1.807, 2.05) is 13.8 Å². The molecule has 0 saturated carbocycles. The Morgan fingerprint density at radius 2 is 2.16 bits per heavy atom. The average molecular weight is 351 g/mol. The number of ether oxygens (including phenoxy) is 1. The maximum atomic E-state index is 13.7. The van der Waals surface area contributed by atoms with Gasteiger partial charge in [-0.3, -0.25) is 4.79 Å². The van der Waals surface area contributed by atoms with E-state index >= 15 is 0 Å². The van der Waals surface area contributed by atoms with E-state index in [0.717, 1.165) is 6.07 Å². The predicted molar refractivity (Wildman–Crippen MR) is 83.7 cm³/mol. The minimum atomic E-state index is -0.987. The van der Waals surface area contributed by atoms with E-state index in [2.05, 4.69) is 10.2 Å². The second kappa shape index (κ2) is 7.26. The molecule has 134 valence electrons. The molecular weight excluding hydrogens is 332 g/mol. The van der Waals surface area contributed by atoms with Crippen LogP contribution >= 0.6 is 0 Å². The van der Waals surface area contributed by atoms with E-state index in [9.17, 15) is 13.6 Å². The molecule has 1 unspecified atom stereocenters. The maximum absolute atomic E-state index is 13.7. The zero-order chi connectivity index (χ0) is 18.0. The molecule has 0 bridgehead atoms. The van der Waals surface area contributed by atoms with Gasteiger partial charge in [-0.05, 0) is 6.07 Å². The standard InChI is InChI=1S/C17H19F2N3O3/c1-10(2)16-20-21-17(25-16)13-9-22(6-7-24-13)14(23)8-11-4-3-5-12(18)15(11)19/h3-5,10,13H,6-9H2,1-2H3. The lowest BCUT2D eigenvalue weighted by atomic mass is 10.1. The first-order valence-corrected chi connectivity index (χ1v) is 8.11. The van der Waals surface area contributed by atoms with Crippen LogP contribution in [-0.2, 0) is 16.0 Å². The summed E-state index contributed by atoms with van der Waals surface area (Å²) in [5.41, 5.74) is 0.0351. The van der Waals surface area contributed by atoms with Crippen molar-refractivity contribution in [3.63, 3.8) is 0 Å². The van der Waals surface area contributed by atoms with Crippen LogP contribution in [0.2, 0.25) is 0 Å². The van der Waals surface area contributed by atoms with Gasteiger partial charge in [0.25, 0.3) is 0 Å². The van der Waals surface area contributed by atoms with Crippen molar-refractivity contribution in [1.82, 2.24) is 15.1 Å². The lowest BCUT2D eigenvalue weighted by molar-refractivity contribution is -0.139. The number of hydrogen-bond donors (Lipinski definition) is 0. The molecule has 1 aromatic heterocycles. The zero-order valence-electron chi connectivity index (χ0n) is 14.0. The Morgan fingerprint density at radius 1 is 1.36 bits per heavy atom. The Bertz CT molecular complexity index is 763. The third-order valence-corrected chi connectivity index (χ3v) is 4.02. The monoisotopic (exact) mass is 351 g/mol. The second-order valence-electron chi connectivity index (χ2n) is 6.22. The van der Waals surface area contributed by atoms with Crippen LogP contribution in [0.3, 0.4) is 0 Å². The Kier molecular flexibility index (Phi) is 5.08. The summed E-state index contributed by atoms with van der Waals surface area (Å²) in [7, 11) is 0. The average Bonchev–Trinajstić information content (AvgIpc) is 3.09. The van der Waals surface area contributed by atoms with Crippen molar-refractivity contribution in [1.29, 1.82) is 0 Å². The molecule has 1 atom stereocenters. The highest BCUT2D eigenvalue weighted by Gasteiger charge is 2.30. The van der Waals surface area contributed by atoms with Gasteiger partial charge in [0.15, 0.2) is 17.7 Å². The summed E-state index contributed by atoms with van der Waals surface area (Å²) in [6.45, 7) is 4.78. The summed E-state index contributed by atoms with van der Waals surface area (Å²) < 4.78 is 38.2. The van der Waals surface area contributed by atoms with E-state index in [1.165, 1.54) is 17.0 Å². The molecule has 0 N–H and O–H groups in total. The smallest absolute Gasteiger partial charge is 0.247 e. The van der Waals surface area contributed by atoms with E-state index in [1.54, 1.807) is 0 Å². The molecule has 1 aromatic carbocycles. The van der Waals surface area contributed by atoms with Gasteiger partial charge in [-0.25, -0.2) is 8.78 Å². The summed E-state index contributed by atoms with van der Waals surface area (Å²) in [5, 5.41) is 7.93. The minimum Gasteiger partial charge on any atom is -0.422 e. The van der Waals surface area contributed by atoms with Crippen molar-refractivity contribution >= 4 is 5.91 Å². The highest BCUT2D eigenvalue weighted by atomic mass is 19.2. The Hall–Kier alpha value is -2.35. The van der Waals surface area contributed by atoms with Crippen molar-refractivity contribution in [2.24, 2.45) is 0 Å². The number of hydrogen-bond acceptors (Lipinski definition) is 5. The quantitative estimate of drug-likeness (QED) is 0.847. The van der Waals surface area contributed by atoms with Gasteiger partial charge in [0.05, 0.1) is 19.6 Å². The lowest BCUT2D eigenvalue weighted by Crippen LogP contribution is -2.43. The number of morpholine rings is 1. The molecule has 2 aromatic rings. The van der Waals surface area contributed by atoms with Crippen molar-refractivity contribution in [3.05, 3.63) is 47.2 Å². The third-order valence-electron chi connectivity index (χ3n) is 4.02. The Balaban J connectivity index is 1.68. The largest absolute Gasteiger partial charge is 0.422 e. The van der Waals surface area contributed by atoms with Gasteiger partial charge in [0.1, 0.15) is 0 Å². The van der Waals surface area contributed by atoms with E-state index in [0.29, 0.717) is 24.9 Å². The molecule has 1 fully saturated rings. The van der Waals surface area contributed by atoms with Crippen LogP contribution in [-0.4, -0.2) is 40.7 Å². The fourth-order valence-corrected chi connectivity index (χ4v) is 2.59. The lowest BCUT2D eigenvalue weighted by Gasteiger charge is -2.31. The molecule has 1 saturated heterocycles. The van der Waals surface area contributed by atoms with Crippen molar-refractivity contribution in [2.45, 2.75) is 32.3 Å². The minimum absolute atomic E-state index is 0.0351. The molecule has 1 aliphatic rings. The van der Waals surface area contributed by atoms with E-state index in [-0.39, 0.29) is 30.4 Å². The van der Waals surface area contributed by atoms with Crippen LogP contribution in [0, 0.1) is 11.6 Å². The first-order valence-electron chi connectivity index (χ1n) is 8.11. The number of halogens is 2. The maximum Gasteiger partial charge on any atom is 0.247 e. The first-order chi connectivity index (χ1) is 12.0. The van der Waals surface area contributed by atoms with Crippen LogP contribution in [0.15, 0.2) is 22.6 Å². The molecule has 8 heteroatoms. The van der Waals surface area contributed by atoms with E-state index < -0.39 is 17.7 Å². The summed E-state index contributed by atoms with van der Waals surface area (Å²) in [4.78, 5) is 14.0. The summed E-state index contributed by atoms with van der Waals surface area (Å²) in [6, 6.07) is 3.81. The molecule has 0 spiro atoms. The third kappa shape index (κ3) is 3.84. The van der Waals surface area contributed by atoms with Crippen molar-refractivity contribution < 1.29 is 22.7 Å². The molecule has 2 heterocycles.